The maximum absolute atomic E-state index is 12.4. The predicted octanol–water partition coefficient (Wildman–Crippen LogP) is 4.31. The number of carbonyl (C=O) groups is 2. The molecule has 1 heterocycles. The summed E-state index contributed by atoms with van der Waals surface area (Å²) in [5, 5.41) is 0. The number of cyclic esters (lactones) is 1. The summed E-state index contributed by atoms with van der Waals surface area (Å²) in [5.74, 6) is 0.381. The second kappa shape index (κ2) is 7.43. The Morgan fingerprint density at radius 1 is 1.27 bits per heavy atom. The van der Waals surface area contributed by atoms with E-state index in [0.717, 1.165) is 24.8 Å². The highest BCUT2D eigenvalue weighted by atomic mass is 16.6. The lowest BCUT2D eigenvalue weighted by Gasteiger charge is -2.20. The maximum atomic E-state index is 12.4. The summed E-state index contributed by atoms with van der Waals surface area (Å²) >= 11 is 0. The van der Waals surface area contributed by atoms with Crippen molar-refractivity contribution in [2.45, 2.75) is 58.6 Å². The van der Waals surface area contributed by atoms with Gasteiger partial charge in [-0.25, -0.2) is 9.69 Å². The maximum Gasteiger partial charge on any atom is 0.417 e. The number of rotatable bonds is 6. The van der Waals surface area contributed by atoms with Gasteiger partial charge in [0.25, 0.3) is 0 Å². The Balaban J connectivity index is 1.99. The van der Waals surface area contributed by atoms with Crippen LogP contribution in [0, 0.1) is 5.92 Å². The van der Waals surface area contributed by atoms with Gasteiger partial charge >= 0.3 is 6.09 Å². The van der Waals surface area contributed by atoms with Crippen molar-refractivity contribution in [3.63, 3.8) is 0 Å². The largest absolute Gasteiger partial charge is 0.439 e. The molecule has 1 aromatic carbocycles. The van der Waals surface area contributed by atoms with Crippen LogP contribution in [0.4, 0.5) is 4.79 Å². The molecule has 1 saturated heterocycles. The number of hydrogen-bond donors (Lipinski definition) is 0. The molecule has 3 atom stereocenters. The average molecular weight is 303 g/mol. The molecule has 0 radical (unpaired) electrons. The predicted molar refractivity (Wildman–Crippen MR) is 85.3 cm³/mol. The van der Waals surface area contributed by atoms with Crippen molar-refractivity contribution >= 4 is 12.0 Å². The first-order valence-corrected chi connectivity index (χ1v) is 8.12. The van der Waals surface area contributed by atoms with Gasteiger partial charge in [0.2, 0.25) is 5.91 Å². The number of imide groups is 1. The van der Waals surface area contributed by atoms with Gasteiger partial charge in [0.15, 0.2) is 0 Å². The third-order valence-electron chi connectivity index (χ3n) is 4.30. The highest BCUT2D eigenvalue weighted by Gasteiger charge is 2.42. The second-order valence-electron chi connectivity index (χ2n) is 6.15. The van der Waals surface area contributed by atoms with Crippen molar-refractivity contribution < 1.29 is 14.3 Å². The topological polar surface area (TPSA) is 46.6 Å². The van der Waals surface area contributed by atoms with Crippen molar-refractivity contribution in [1.29, 1.82) is 0 Å². The molecule has 2 amide bonds. The SMILES string of the molecule is CCC[C@@H](C)CCC(=O)N1C(=O)OC(c2ccccc2)C1C. The van der Waals surface area contributed by atoms with E-state index < -0.39 is 6.09 Å². The summed E-state index contributed by atoms with van der Waals surface area (Å²) in [6.45, 7) is 6.16. The molecule has 4 heteroatoms. The fourth-order valence-electron chi connectivity index (χ4n) is 3.01. The Kier molecular flexibility index (Phi) is 5.58. The van der Waals surface area contributed by atoms with E-state index in [0.29, 0.717) is 12.3 Å². The zero-order valence-electron chi connectivity index (χ0n) is 13.6. The first-order valence-electron chi connectivity index (χ1n) is 8.12. The third-order valence-corrected chi connectivity index (χ3v) is 4.30. The molecule has 0 aromatic heterocycles. The lowest BCUT2D eigenvalue weighted by Crippen LogP contribution is -2.37. The van der Waals surface area contributed by atoms with Crippen LogP contribution in [-0.4, -0.2) is 22.9 Å². The van der Waals surface area contributed by atoms with E-state index in [9.17, 15) is 9.59 Å². The van der Waals surface area contributed by atoms with E-state index in [2.05, 4.69) is 13.8 Å². The Bertz CT molecular complexity index is 514. The zero-order valence-corrected chi connectivity index (χ0v) is 13.6. The molecular weight excluding hydrogens is 278 g/mol. The van der Waals surface area contributed by atoms with Crippen LogP contribution in [0.1, 0.15) is 58.1 Å². The Labute approximate surface area is 132 Å². The summed E-state index contributed by atoms with van der Waals surface area (Å²) in [6, 6.07) is 9.32. The normalized spacial score (nSPS) is 22.5. The second-order valence-corrected chi connectivity index (χ2v) is 6.15. The molecule has 120 valence electrons. The lowest BCUT2D eigenvalue weighted by atomic mass is 9.99. The van der Waals surface area contributed by atoms with Crippen LogP contribution in [0.2, 0.25) is 0 Å². The highest BCUT2D eigenvalue weighted by molar-refractivity contribution is 5.93. The Morgan fingerprint density at radius 2 is 1.95 bits per heavy atom. The number of carbonyl (C=O) groups excluding carboxylic acids is 2. The first-order chi connectivity index (χ1) is 10.5. The van der Waals surface area contributed by atoms with Gasteiger partial charge in [-0.3, -0.25) is 4.79 Å². The van der Waals surface area contributed by atoms with Gasteiger partial charge in [0.05, 0.1) is 6.04 Å². The molecule has 0 bridgehead atoms. The fraction of sp³-hybridized carbons (Fsp3) is 0.556. The standard InChI is InChI=1S/C18H25NO3/c1-4-8-13(2)11-12-16(20)19-14(3)17(22-18(19)21)15-9-6-5-7-10-15/h5-7,9-10,13-14,17H,4,8,11-12H2,1-3H3/t13-,14?,17?/m1/s1. The molecule has 0 saturated carbocycles. The summed E-state index contributed by atoms with van der Waals surface area (Å²) in [5.41, 5.74) is 0.929. The van der Waals surface area contributed by atoms with Crippen LogP contribution in [0.5, 0.6) is 0 Å². The van der Waals surface area contributed by atoms with Gasteiger partial charge < -0.3 is 4.74 Å². The average Bonchev–Trinajstić information content (AvgIpc) is 2.81. The molecule has 1 aromatic rings. The lowest BCUT2D eigenvalue weighted by molar-refractivity contribution is -0.129. The first kappa shape index (κ1) is 16.5. The Hall–Kier alpha value is -1.84. The fourth-order valence-corrected chi connectivity index (χ4v) is 3.01. The molecule has 1 fully saturated rings. The molecule has 1 aliphatic heterocycles. The molecular formula is C18H25NO3. The van der Waals surface area contributed by atoms with E-state index in [1.807, 2.05) is 37.3 Å². The quantitative estimate of drug-likeness (QED) is 0.786. The van der Waals surface area contributed by atoms with Crippen LogP contribution >= 0.6 is 0 Å². The third kappa shape index (κ3) is 3.67. The van der Waals surface area contributed by atoms with Crippen LogP contribution in [0.3, 0.4) is 0 Å². The molecule has 2 rings (SSSR count). The summed E-state index contributed by atoms with van der Waals surface area (Å²) < 4.78 is 5.41. The van der Waals surface area contributed by atoms with Crippen molar-refractivity contribution in [3.8, 4) is 0 Å². The number of nitrogens with zero attached hydrogens (tertiary/aromatic N) is 1. The van der Waals surface area contributed by atoms with Gasteiger partial charge in [0.1, 0.15) is 6.10 Å². The molecule has 0 aliphatic carbocycles. The summed E-state index contributed by atoms with van der Waals surface area (Å²) in [7, 11) is 0. The van der Waals surface area contributed by atoms with Crippen molar-refractivity contribution in [3.05, 3.63) is 35.9 Å². The van der Waals surface area contributed by atoms with Crippen molar-refractivity contribution in [2.75, 3.05) is 0 Å². The number of hydrogen-bond acceptors (Lipinski definition) is 3. The van der Waals surface area contributed by atoms with E-state index >= 15 is 0 Å². The van der Waals surface area contributed by atoms with Crippen LogP contribution in [0.15, 0.2) is 30.3 Å². The smallest absolute Gasteiger partial charge is 0.417 e. The van der Waals surface area contributed by atoms with Gasteiger partial charge in [-0.15, -0.1) is 0 Å². The molecule has 0 spiro atoms. The zero-order chi connectivity index (χ0) is 16.1. The minimum absolute atomic E-state index is 0.126. The van der Waals surface area contributed by atoms with E-state index in [4.69, 9.17) is 4.74 Å². The van der Waals surface area contributed by atoms with Gasteiger partial charge in [-0.05, 0) is 24.8 Å². The van der Waals surface area contributed by atoms with E-state index in [1.165, 1.54) is 4.90 Å². The number of amides is 2. The van der Waals surface area contributed by atoms with Crippen molar-refractivity contribution in [2.24, 2.45) is 5.92 Å². The van der Waals surface area contributed by atoms with Crippen LogP contribution < -0.4 is 0 Å². The van der Waals surface area contributed by atoms with Crippen molar-refractivity contribution in [1.82, 2.24) is 4.90 Å². The minimum Gasteiger partial charge on any atom is -0.439 e. The minimum atomic E-state index is -0.519. The molecule has 4 nitrogen and oxygen atoms in total. The number of ether oxygens (including phenoxy) is 1. The molecule has 22 heavy (non-hydrogen) atoms. The Morgan fingerprint density at radius 3 is 2.59 bits per heavy atom. The van der Waals surface area contributed by atoms with Gasteiger partial charge in [-0.1, -0.05) is 57.0 Å². The summed E-state index contributed by atoms with van der Waals surface area (Å²) in [6.07, 6.45) is 2.56. The molecule has 0 N–H and O–H groups in total. The van der Waals surface area contributed by atoms with E-state index in [-0.39, 0.29) is 18.1 Å². The molecule has 2 unspecified atom stereocenters. The summed E-state index contributed by atoms with van der Waals surface area (Å²) in [4.78, 5) is 25.7. The van der Waals surface area contributed by atoms with Gasteiger partial charge in [-0.2, -0.15) is 0 Å². The monoisotopic (exact) mass is 303 g/mol. The van der Waals surface area contributed by atoms with Gasteiger partial charge in [0, 0.05) is 6.42 Å². The highest BCUT2D eigenvalue weighted by Crippen LogP contribution is 2.33. The number of benzene rings is 1. The van der Waals surface area contributed by atoms with Crippen LogP contribution in [0.25, 0.3) is 0 Å². The molecule has 1 aliphatic rings. The van der Waals surface area contributed by atoms with E-state index in [1.54, 1.807) is 0 Å². The van der Waals surface area contributed by atoms with Crippen LogP contribution in [-0.2, 0) is 9.53 Å².